The van der Waals surface area contributed by atoms with Crippen molar-refractivity contribution >= 4 is 11.8 Å². The highest BCUT2D eigenvalue weighted by molar-refractivity contribution is 6.01. The average Bonchev–Trinajstić information content (AvgIpc) is 3.30. The molecule has 3 rings (SSSR count). The second-order valence-electron chi connectivity index (χ2n) is 7.43. The number of quaternary nitrogens is 1. The van der Waals surface area contributed by atoms with Crippen LogP contribution in [0.5, 0.6) is 11.5 Å². The Kier molecular flexibility index (Phi) is 6.27. The van der Waals surface area contributed by atoms with Gasteiger partial charge in [0.05, 0.1) is 44.7 Å². The van der Waals surface area contributed by atoms with Crippen LogP contribution in [0.4, 0.5) is 0 Å². The van der Waals surface area contributed by atoms with E-state index in [1.165, 1.54) is 12.0 Å². The lowest BCUT2D eigenvalue weighted by atomic mass is 10.0. The molecule has 156 valence electrons. The molecule has 1 aliphatic heterocycles. The number of rotatable bonds is 7. The molecule has 2 aromatic rings. The van der Waals surface area contributed by atoms with Gasteiger partial charge in [-0.1, -0.05) is 0 Å². The third-order valence-electron chi connectivity index (χ3n) is 5.79. The Bertz CT molecular complexity index is 918. The molecule has 1 aromatic heterocycles. The molecule has 0 amide bonds. The number of esters is 1. The molecule has 7 nitrogen and oxygen atoms in total. The maximum Gasteiger partial charge on any atom is 0.339 e. The highest BCUT2D eigenvalue weighted by atomic mass is 16.5. The second-order valence-corrected chi connectivity index (χ2v) is 7.43. The van der Waals surface area contributed by atoms with Gasteiger partial charge in [0.2, 0.25) is 5.78 Å². The maximum absolute atomic E-state index is 13.1. The van der Waals surface area contributed by atoms with E-state index in [4.69, 9.17) is 14.2 Å². The third-order valence-corrected chi connectivity index (χ3v) is 5.79. The molecule has 29 heavy (non-hydrogen) atoms. The fraction of sp³-hybridized carbons (Fsp3) is 0.455. The summed E-state index contributed by atoms with van der Waals surface area (Å²) >= 11 is 0. The van der Waals surface area contributed by atoms with E-state index in [1.807, 2.05) is 18.2 Å². The zero-order valence-corrected chi connectivity index (χ0v) is 17.7. The van der Waals surface area contributed by atoms with Gasteiger partial charge in [-0.15, -0.1) is 0 Å². The van der Waals surface area contributed by atoms with Gasteiger partial charge in [0.25, 0.3) is 0 Å². The molecule has 0 bridgehead atoms. The molecule has 7 heteroatoms. The number of H-pyrrole nitrogens is 1. The number of ether oxygens (including phenoxy) is 3. The van der Waals surface area contributed by atoms with E-state index < -0.39 is 5.97 Å². The molecular formula is C22H29N2O5+. The minimum absolute atomic E-state index is 0.00451. The average molecular weight is 401 g/mol. The number of carbonyl (C=O) groups excluding carboxylic acids is 2. The number of hydrogen-bond donors (Lipinski definition) is 2. The predicted octanol–water partition coefficient (Wildman–Crippen LogP) is 2.04. The van der Waals surface area contributed by atoms with Crippen molar-refractivity contribution < 1.29 is 28.7 Å². The highest BCUT2D eigenvalue weighted by Gasteiger charge is 2.35. The van der Waals surface area contributed by atoms with Gasteiger partial charge in [0.15, 0.2) is 0 Å². The molecular weight excluding hydrogens is 372 g/mol. The van der Waals surface area contributed by atoms with E-state index >= 15 is 0 Å². The first-order valence-electron chi connectivity index (χ1n) is 9.78. The van der Waals surface area contributed by atoms with Crippen molar-refractivity contribution in [3.05, 3.63) is 46.3 Å². The first-order valence-corrected chi connectivity index (χ1v) is 9.78. The minimum Gasteiger partial charge on any atom is -0.497 e. The molecule has 1 aliphatic rings. The Morgan fingerprint density at radius 2 is 1.93 bits per heavy atom. The van der Waals surface area contributed by atoms with E-state index in [1.54, 1.807) is 28.1 Å². The summed E-state index contributed by atoms with van der Waals surface area (Å²) in [5, 5.41) is 0. The van der Waals surface area contributed by atoms with Crippen LogP contribution in [0.2, 0.25) is 0 Å². The number of hydrogen-bond acceptors (Lipinski definition) is 5. The first-order chi connectivity index (χ1) is 13.9. The molecule has 0 aliphatic carbocycles. The number of likely N-dealkylation sites (tertiary alicyclic amines) is 1. The second kappa shape index (κ2) is 8.69. The van der Waals surface area contributed by atoms with Crippen molar-refractivity contribution in [1.29, 1.82) is 0 Å². The number of aromatic amines is 1. The number of aryl methyl sites for hydroxylation is 1. The van der Waals surface area contributed by atoms with Crippen molar-refractivity contribution in [1.82, 2.24) is 4.98 Å². The fourth-order valence-electron chi connectivity index (χ4n) is 4.34. The molecule has 0 radical (unpaired) electrons. The summed E-state index contributed by atoms with van der Waals surface area (Å²) in [5.74, 6) is 1.09. The SMILES string of the molecule is COC(=O)c1c(C)[nH]c(C(=O)C[NH+]2CCC[C@H]2c2ccc(OC)cc2OC)c1C. The third kappa shape index (κ3) is 4.00. The Balaban J connectivity index is 1.83. The largest absolute Gasteiger partial charge is 0.497 e. The van der Waals surface area contributed by atoms with E-state index in [9.17, 15) is 9.59 Å². The van der Waals surface area contributed by atoms with E-state index in [2.05, 4.69) is 4.98 Å². The van der Waals surface area contributed by atoms with Crippen LogP contribution in [-0.4, -0.2) is 51.2 Å². The lowest BCUT2D eigenvalue weighted by molar-refractivity contribution is -0.910. The summed E-state index contributed by atoms with van der Waals surface area (Å²) in [4.78, 5) is 29.4. The summed E-state index contributed by atoms with van der Waals surface area (Å²) in [6.45, 7) is 4.82. The number of ketones is 1. The molecule has 1 fully saturated rings. The van der Waals surface area contributed by atoms with Gasteiger partial charge in [0.1, 0.15) is 24.1 Å². The van der Waals surface area contributed by atoms with Crippen molar-refractivity contribution in [2.45, 2.75) is 32.7 Å². The zero-order valence-electron chi connectivity index (χ0n) is 17.7. The van der Waals surface area contributed by atoms with Crippen molar-refractivity contribution in [3.63, 3.8) is 0 Å². The summed E-state index contributed by atoms with van der Waals surface area (Å²) in [6.07, 6.45) is 2.03. The monoisotopic (exact) mass is 401 g/mol. The van der Waals surface area contributed by atoms with Crippen LogP contribution in [0.25, 0.3) is 0 Å². The predicted molar refractivity (Wildman–Crippen MR) is 108 cm³/mol. The Morgan fingerprint density at radius 3 is 2.59 bits per heavy atom. The van der Waals surface area contributed by atoms with Crippen LogP contribution >= 0.6 is 0 Å². The molecule has 1 aromatic carbocycles. The fourth-order valence-corrected chi connectivity index (χ4v) is 4.34. The standard InChI is InChI=1S/C22H28N2O5/c1-13-20(22(26)29-5)14(2)23-21(13)18(25)12-24-10-6-7-17(24)16-9-8-15(27-3)11-19(16)28-4/h8-9,11,17,23H,6-7,10,12H2,1-5H3/p+1/t17-/m0/s1. The Morgan fingerprint density at radius 1 is 1.17 bits per heavy atom. The van der Waals surface area contributed by atoms with Crippen molar-refractivity contribution in [3.8, 4) is 11.5 Å². The lowest BCUT2D eigenvalue weighted by Gasteiger charge is -2.23. The number of methoxy groups -OCH3 is 3. The number of Topliss-reactive ketones (excluding diaryl/α,β-unsaturated/α-hetero) is 1. The van der Waals surface area contributed by atoms with E-state index in [0.717, 1.165) is 36.4 Å². The normalized spacial score (nSPS) is 18.5. The first kappa shape index (κ1) is 20.9. The summed E-state index contributed by atoms with van der Waals surface area (Å²) in [5.41, 5.74) is 3.32. The van der Waals surface area contributed by atoms with Crippen molar-refractivity contribution in [2.75, 3.05) is 34.4 Å². The zero-order chi connectivity index (χ0) is 21.1. The smallest absolute Gasteiger partial charge is 0.339 e. The van der Waals surface area contributed by atoms with Gasteiger partial charge in [0, 0.05) is 24.6 Å². The van der Waals surface area contributed by atoms with Gasteiger partial charge in [-0.25, -0.2) is 4.79 Å². The molecule has 0 saturated carbocycles. The Hall–Kier alpha value is -2.80. The molecule has 2 N–H and O–H groups in total. The molecule has 1 unspecified atom stereocenters. The van der Waals surface area contributed by atoms with Gasteiger partial charge in [-0.3, -0.25) is 4.79 Å². The number of nitrogens with one attached hydrogen (secondary N) is 2. The quantitative estimate of drug-likeness (QED) is 0.548. The highest BCUT2D eigenvalue weighted by Crippen LogP contribution is 2.31. The van der Waals surface area contributed by atoms with Gasteiger partial charge in [-0.05, 0) is 31.5 Å². The molecule has 0 spiro atoms. The summed E-state index contributed by atoms with van der Waals surface area (Å²) in [7, 11) is 4.62. The summed E-state index contributed by atoms with van der Waals surface area (Å²) < 4.78 is 15.7. The summed E-state index contributed by atoms with van der Waals surface area (Å²) in [6, 6.07) is 6.01. The van der Waals surface area contributed by atoms with Crippen LogP contribution < -0.4 is 14.4 Å². The lowest BCUT2D eigenvalue weighted by Crippen LogP contribution is -3.11. The van der Waals surface area contributed by atoms with Crippen LogP contribution in [0.3, 0.4) is 0 Å². The van der Waals surface area contributed by atoms with E-state index in [0.29, 0.717) is 29.1 Å². The minimum atomic E-state index is -0.426. The Labute approximate surface area is 170 Å². The van der Waals surface area contributed by atoms with Crippen LogP contribution in [0.1, 0.15) is 56.6 Å². The van der Waals surface area contributed by atoms with E-state index in [-0.39, 0.29) is 11.8 Å². The topological polar surface area (TPSA) is 82.1 Å². The van der Waals surface area contributed by atoms with Gasteiger partial charge >= 0.3 is 5.97 Å². The number of benzene rings is 1. The van der Waals surface area contributed by atoms with Crippen LogP contribution in [0.15, 0.2) is 18.2 Å². The number of aromatic nitrogens is 1. The molecule has 2 heterocycles. The molecule has 1 saturated heterocycles. The van der Waals surface area contributed by atoms with Crippen LogP contribution in [0, 0.1) is 13.8 Å². The van der Waals surface area contributed by atoms with Gasteiger partial charge < -0.3 is 24.1 Å². The maximum atomic E-state index is 13.1. The number of carbonyl (C=O) groups is 2. The van der Waals surface area contributed by atoms with Crippen molar-refractivity contribution in [2.24, 2.45) is 0 Å². The van der Waals surface area contributed by atoms with Gasteiger partial charge in [-0.2, -0.15) is 0 Å². The van der Waals surface area contributed by atoms with Crippen LogP contribution in [-0.2, 0) is 4.74 Å². The molecule has 2 atom stereocenters.